The maximum Gasteiger partial charge on any atom is 0.0106 e. The Labute approximate surface area is 411 Å². The Morgan fingerprint density at radius 3 is 0.545 bits per heavy atom. The van der Waals surface area contributed by atoms with Gasteiger partial charge in [0, 0.05) is 105 Å². The van der Waals surface area contributed by atoms with Crippen LogP contribution in [0.3, 0.4) is 0 Å². The highest BCUT2D eigenvalue weighted by Gasteiger charge is 2.09. The summed E-state index contributed by atoms with van der Waals surface area (Å²) >= 11 is 0. The lowest BCUT2D eigenvalue weighted by Crippen LogP contribution is -2.37. The Kier molecular flexibility index (Phi) is 43.7. The van der Waals surface area contributed by atoms with Gasteiger partial charge in [0.05, 0.1) is 0 Å². The average molecular weight is 942 g/mol. The van der Waals surface area contributed by atoms with Crippen molar-refractivity contribution in [3.8, 4) is 0 Å². The quantitative estimate of drug-likeness (QED) is 0.196. The maximum atomic E-state index is 3.52. The summed E-state index contributed by atoms with van der Waals surface area (Å²) < 4.78 is 0. The first kappa shape index (κ1) is 63.4. The van der Waals surface area contributed by atoms with Crippen LogP contribution in [0.5, 0.6) is 0 Å². The Balaban J connectivity index is 0.000000441. The lowest BCUT2D eigenvalue weighted by Gasteiger charge is -2.26. The van der Waals surface area contributed by atoms with Crippen molar-refractivity contribution in [3.63, 3.8) is 0 Å². The molecule has 0 unspecified atom stereocenters. The van der Waals surface area contributed by atoms with Crippen LogP contribution in [-0.2, 0) is 0 Å². The van der Waals surface area contributed by atoms with Gasteiger partial charge in [0.25, 0.3) is 0 Å². The molecule has 0 aromatic carbocycles. The van der Waals surface area contributed by atoms with Crippen LogP contribution < -0.4 is 31.9 Å². The van der Waals surface area contributed by atoms with Gasteiger partial charge in [-0.15, -0.1) is 0 Å². The molecule has 16 nitrogen and oxygen atoms in total. The number of nitrogens with zero attached hydrogens (tertiary/aromatic N) is 10. The SMILES string of the molecule is CN1CCCN(C)CCN(C)CCCN(C)CC1.CN1CCCN(C)CCN(C)CCCNCC1.CN1CCCNCCNCCCN(C)CC1.CN1CCCNCCNCCCNCC1. The predicted octanol–water partition coefficient (Wildman–Crippen LogP) is -0.0236. The molecule has 6 N–H and O–H groups in total. The standard InChI is InChI=1S/C14H32N4.C13H30N4.C12H28N4.C11H26N4/c1-15-7-5-8-17(3)13-14-18(4)10-6-9-16(2)12-11-15;1-15-9-5-10-17(3)13-12-16(2)8-4-6-14-7-11-15;1-15-9-3-5-13-7-8-14-6-4-10-16(2)12-11-15;1-15-10-3-6-13-8-7-12-4-2-5-14-9-11-15/h5-14H2,1-4H3;14H,4-13H2,1-3H3;13-14H,3-12H2,1-2H3;12-14H,2-11H2,1H3. The van der Waals surface area contributed by atoms with E-state index >= 15 is 0 Å². The molecule has 16 heteroatoms. The second-order valence-corrected chi connectivity index (χ2v) is 20.4. The van der Waals surface area contributed by atoms with E-state index < -0.39 is 0 Å². The first-order valence-electron chi connectivity index (χ1n) is 27.0. The lowest BCUT2D eigenvalue weighted by atomic mass is 10.3. The van der Waals surface area contributed by atoms with Crippen molar-refractivity contribution in [1.82, 2.24) is 80.9 Å². The van der Waals surface area contributed by atoms with Crippen LogP contribution in [0.4, 0.5) is 0 Å². The molecular weight excluding hydrogens is 825 g/mol. The molecule has 0 radical (unpaired) electrons. The molecule has 0 spiro atoms. The predicted molar refractivity (Wildman–Crippen MR) is 289 cm³/mol. The number of hydrogen-bond acceptors (Lipinski definition) is 16. The molecule has 4 saturated heterocycles. The third kappa shape index (κ3) is 43.4. The van der Waals surface area contributed by atoms with Crippen molar-refractivity contribution in [3.05, 3.63) is 0 Å². The summed E-state index contributed by atoms with van der Waals surface area (Å²) in [5, 5.41) is 20.8. The van der Waals surface area contributed by atoms with Gasteiger partial charge >= 0.3 is 0 Å². The number of hydrogen-bond donors (Lipinski definition) is 6. The Morgan fingerprint density at radius 1 is 0.152 bits per heavy atom. The van der Waals surface area contributed by atoms with E-state index in [-0.39, 0.29) is 0 Å². The van der Waals surface area contributed by atoms with E-state index in [0.29, 0.717) is 0 Å². The highest BCUT2D eigenvalue weighted by Crippen LogP contribution is 1.99. The summed E-state index contributed by atoms with van der Waals surface area (Å²) in [4.78, 5) is 24.4. The van der Waals surface area contributed by atoms with Crippen LogP contribution in [0.15, 0.2) is 0 Å². The van der Waals surface area contributed by atoms with Crippen LogP contribution >= 0.6 is 0 Å². The fourth-order valence-corrected chi connectivity index (χ4v) is 8.19. The van der Waals surface area contributed by atoms with E-state index in [2.05, 4.69) is 151 Å². The van der Waals surface area contributed by atoms with E-state index in [1.807, 2.05) is 0 Å². The third-order valence-corrected chi connectivity index (χ3v) is 13.3. The average Bonchev–Trinajstić information content (AvgIpc) is 3.29. The third-order valence-electron chi connectivity index (χ3n) is 13.3. The van der Waals surface area contributed by atoms with Crippen LogP contribution in [0.2, 0.25) is 0 Å². The van der Waals surface area contributed by atoms with Gasteiger partial charge < -0.3 is 80.9 Å². The lowest BCUT2D eigenvalue weighted by molar-refractivity contribution is 0.206. The summed E-state index contributed by atoms with van der Waals surface area (Å²) in [6.45, 7) is 37.4. The van der Waals surface area contributed by atoms with Gasteiger partial charge in [-0.05, 0) is 227 Å². The molecule has 0 saturated carbocycles. The van der Waals surface area contributed by atoms with Gasteiger partial charge in [-0.25, -0.2) is 0 Å². The molecule has 0 aromatic heterocycles. The zero-order chi connectivity index (χ0) is 48.3. The number of rotatable bonds is 0. The Hall–Kier alpha value is -0.640. The van der Waals surface area contributed by atoms with E-state index in [0.717, 1.165) is 85.1 Å². The van der Waals surface area contributed by atoms with Crippen LogP contribution in [0.25, 0.3) is 0 Å². The van der Waals surface area contributed by atoms with Crippen molar-refractivity contribution >= 4 is 0 Å². The first-order valence-corrected chi connectivity index (χ1v) is 27.0. The number of nitrogens with one attached hydrogen (secondary N) is 6. The van der Waals surface area contributed by atoms with E-state index in [1.54, 1.807) is 0 Å². The fourth-order valence-electron chi connectivity index (χ4n) is 8.19. The second kappa shape index (κ2) is 45.5. The Morgan fingerprint density at radius 2 is 0.318 bits per heavy atom. The molecule has 4 rings (SSSR count). The molecular formula is C50H116N16. The smallest absolute Gasteiger partial charge is 0.0106 e. The summed E-state index contributed by atoms with van der Waals surface area (Å²) in [5.74, 6) is 0. The maximum absolute atomic E-state index is 3.52. The first-order chi connectivity index (χ1) is 31.9. The van der Waals surface area contributed by atoms with Gasteiger partial charge in [-0.3, -0.25) is 0 Å². The van der Waals surface area contributed by atoms with Crippen molar-refractivity contribution in [1.29, 1.82) is 0 Å². The topological polar surface area (TPSA) is 105 Å². The molecule has 0 aromatic rings. The van der Waals surface area contributed by atoms with Gasteiger partial charge in [0.1, 0.15) is 0 Å². The van der Waals surface area contributed by atoms with Crippen molar-refractivity contribution in [2.24, 2.45) is 0 Å². The van der Waals surface area contributed by atoms with Gasteiger partial charge in [0.15, 0.2) is 0 Å². The summed E-state index contributed by atoms with van der Waals surface area (Å²) in [6.07, 6.45) is 10.1. The zero-order valence-electron chi connectivity index (χ0n) is 45.8. The van der Waals surface area contributed by atoms with Crippen LogP contribution in [0, 0.1) is 0 Å². The summed E-state index contributed by atoms with van der Waals surface area (Å²) in [6, 6.07) is 0. The van der Waals surface area contributed by atoms with Gasteiger partial charge in [0.2, 0.25) is 0 Å². The second-order valence-electron chi connectivity index (χ2n) is 20.4. The largest absolute Gasteiger partial charge is 0.315 e. The molecule has 4 aliphatic rings. The molecule has 66 heavy (non-hydrogen) atoms. The minimum atomic E-state index is 1.09. The molecule has 396 valence electrons. The van der Waals surface area contributed by atoms with E-state index in [4.69, 9.17) is 0 Å². The van der Waals surface area contributed by atoms with Crippen LogP contribution in [0.1, 0.15) is 51.4 Å². The van der Waals surface area contributed by atoms with E-state index in [9.17, 15) is 0 Å². The van der Waals surface area contributed by atoms with Crippen molar-refractivity contribution in [2.45, 2.75) is 51.4 Å². The van der Waals surface area contributed by atoms with Crippen LogP contribution in [-0.4, -0.2) is 329 Å². The molecule has 0 amide bonds. The molecule has 0 aliphatic carbocycles. The zero-order valence-corrected chi connectivity index (χ0v) is 45.8. The monoisotopic (exact) mass is 941 g/mol. The fraction of sp³-hybridized carbons (Fsp3) is 1.00. The molecule has 4 heterocycles. The van der Waals surface area contributed by atoms with Gasteiger partial charge in [-0.1, -0.05) is 0 Å². The molecule has 4 aliphatic heterocycles. The van der Waals surface area contributed by atoms with Crippen molar-refractivity contribution < 1.29 is 0 Å². The highest BCUT2D eigenvalue weighted by atomic mass is 15.2. The summed E-state index contributed by atoms with van der Waals surface area (Å²) in [5.41, 5.74) is 0. The molecule has 0 bridgehead atoms. The summed E-state index contributed by atoms with van der Waals surface area (Å²) in [7, 11) is 22.3. The minimum absolute atomic E-state index is 1.09. The highest BCUT2D eigenvalue weighted by molar-refractivity contribution is 4.67. The minimum Gasteiger partial charge on any atom is -0.315 e. The van der Waals surface area contributed by atoms with Gasteiger partial charge in [-0.2, -0.15) is 0 Å². The normalized spacial score (nSPS) is 25.4. The number of likely N-dealkylation sites (N-methyl/N-ethyl adjacent to an activating group) is 10. The van der Waals surface area contributed by atoms with Crippen molar-refractivity contribution in [2.75, 3.05) is 280 Å². The van der Waals surface area contributed by atoms with E-state index in [1.165, 1.54) is 176 Å². The molecule has 4 fully saturated rings. The molecule has 0 atom stereocenters. The Bertz CT molecular complexity index is 928.